The first-order valence-electron chi connectivity index (χ1n) is 9.15. The van der Waals surface area contributed by atoms with Crippen LogP contribution in [-0.2, 0) is 9.59 Å². The van der Waals surface area contributed by atoms with Gasteiger partial charge >= 0.3 is 0 Å². The van der Waals surface area contributed by atoms with Crippen LogP contribution in [-0.4, -0.2) is 68.7 Å². The molecule has 2 aliphatic heterocycles. The van der Waals surface area contributed by atoms with E-state index in [2.05, 4.69) is 20.1 Å². The molecule has 3 aliphatic rings. The van der Waals surface area contributed by atoms with Crippen molar-refractivity contribution in [2.45, 2.75) is 44.2 Å². The van der Waals surface area contributed by atoms with Gasteiger partial charge in [-0.3, -0.25) is 14.7 Å². The molecule has 1 aromatic rings. The predicted octanol–water partition coefficient (Wildman–Crippen LogP) is 1.46. The number of amides is 2. The van der Waals surface area contributed by atoms with E-state index in [0.29, 0.717) is 24.0 Å². The van der Waals surface area contributed by atoms with E-state index in [1.165, 1.54) is 24.6 Å². The number of likely N-dealkylation sites (tertiary alicyclic amines) is 2. The van der Waals surface area contributed by atoms with E-state index in [1.807, 2.05) is 11.8 Å². The summed E-state index contributed by atoms with van der Waals surface area (Å²) in [4.78, 5) is 33.7. The lowest BCUT2D eigenvalue weighted by Crippen LogP contribution is -2.51. The average molecular weight is 363 g/mol. The van der Waals surface area contributed by atoms with Crippen LogP contribution in [0.25, 0.3) is 0 Å². The molecule has 1 N–H and O–H groups in total. The summed E-state index contributed by atoms with van der Waals surface area (Å²) in [6.45, 7) is 4.93. The minimum absolute atomic E-state index is 0.0800. The summed E-state index contributed by atoms with van der Waals surface area (Å²) in [5.74, 6) is 2.17. The number of rotatable bonds is 5. The van der Waals surface area contributed by atoms with E-state index in [9.17, 15) is 9.59 Å². The fraction of sp³-hybridized carbons (Fsp3) is 0.765. The van der Waals surface area contributed by atoms with Gasteiger partial charge in [0.1, 0.15) is 5.82 Å². The normalized spacial score (nSPS) is 26.7. The SMILES string of the molecule is Cc1nc(SCC(=O)N2CCC3(CCCN(CC4CC4)C3=O)C2)n[nH]1. The largest absolute Gasteiger partial charge is 0.342 e. The topological polar surface area (TPSA) is 82.2 Å². The van der Waals surface area contributed by atoms with Gasteiger partial charge in [-0.1, -0.05) is 11.8 Å². The van der Waals surface area contributed by atoms with Crippen molar-refractivity contribution in [3.8, 4) is 0 Å². The van der Waals surface area contributed by atoms with Crippen molar-refractivity contribution in [1.82, 2.24) is 25.0 Å². The van der Waals surface area contributed by atoms with Crippen molar-refractivity contribution in [3.05, 3.63) is 5.82 Å². The molecule has 2 amide bonds. The highest BCUT2D eigenvalue weighted by atomic mass is 32.2. The Morgan fingerprint density at radius 3 is 2.92 bits per heavy atom. The number of aryl methyl sites for hydroxylation is 1. The average Bonchev–Trinajstić information content (AvgIpc) is 3.15. The van der Waals surface area contributed by atoms with Crippen molar-refractivity contribution >= 4 is 23.6 Å². The zero-order valence-electron chi connectivity index (χ0n) is 14.7. The Hall–Kier alpha value is -1.57. The van der Waals surface area contributed by atoms with Crippen LogP contribution in [0.4, 0.5) is 0 Å². The van der Waals surface area contributed by atoms with Crippen LogP contribution in [0, 0.1) is 18.3 Å². The minimum Gasteiger partial charge on any atom is -0.342 e. The number of carbonyl (C=O) groups is 2. The number of piperidine rings is 1. The second kappa shape index (κ2) is 6.63. The van der Waals surface area contributed by atoms with Crippen LogP contribution in [0.5, 0.6) is 0 Å². The van der Waals surface area contributed by atoms with Gasteiger partial charge in [-0.15, -0.1) is 5.10 Å². The summed E-state index contributed by atoms with van der Waals surface area (Å²) < 4.78 is 0. The maximum atomic E-state index is 13.0. The molecular weight excluding hydrogens is 338 g/mol. The molecule has 136 valence electrons. The van der Waals surface area contributed by atoms with Crippen LogP contribution in [0.15, 0.2) is 5.16 Å². The zero-order valence-corrected chi connectivity index (χ0v) is 15.5. The van der Waals surface area contributed by atoms with Gasteiger partial charge in [0, 0.05) is 26.2 Å². The number of aromatic nitrogens is 3. The smallest absolute Gasteiger partial charge is 0.233 e. The molecule has 0 aromatic carbocycles. The van der Waals surface area contributed by atoms with Crippen LogP contribution in [0.3, 0.4) is 0 Å². The molecule has 1 aromatic heterocycles. The molecule has 0 radical (unpaired) electrons. The van der Waals surface area contributed by atoms with Crippen LogP contribution in [0.2, 0.25) is 0 Å². The van der Waals surface area contributed by atoms with Crippen molar-refractivity contribution in [1.29, 1.82) is 0 Å². The standard InChI is InChI=1S/C17H25N5O2S/c1-12-18-16(20-19-12)25-10-14(23)22-8-6-17(11-22)5-2-7-21(15(17)24)9-13-3-4-13/h13H,2-11H2,1H3,(H,18,19,20). The third-order valence-electron chi connectivity index (χ3n) is 5.61. The van der Waals surface area contributed by atoms with Crippen molar-refractivity contribution in [2.24, 2.45) is 11.3 Å². The number of hydrogen-bond donors (Lipinski definition) is 1. The second-order valence-corrected chi connectivity index (χ2v) is 8.58. The number of carbonyl (C=O) groups excluding carboxylic acids is 2. The Bertz CT molecular complexity index is 674. The molecule has 25 heavy (non-hydrogen) atoms. The highest BCUT2D eigenvalue weighted by molar-refractivity contribution is 7.99. The molecule has 1 aliphatic carbocycles. The molecule has 7 nitrogen and oxygen atoms in total. The van der Waals surface area contributed by atoms with Gasteiger partial charge < -0.3 is 9.80 Å². The summed E-state index contributed by atoms with van der Waals surface area (Å²) in [5, 5.41) is 7.43. The number of nitrogens with zero attached hydrogens (tertiary/aromatic N) is 4. The van der Waals surface area contributed by atoms with Gasteiger partial charge in [0.25, 0.3) is 0 Å². The van der Waals surface area contributed by atoms with Crippen molar-refractivity contribution in [2.75, 3.05) is 31.9 Å². The number of H-pyrrole nitrogens is 1. The molecule has 1 unspecified atom stereocenters. The van der Waals surface area contributed by atoms with Gasteiger partial charge in [0.2, 0.25) is 17.0 Å². The first-order valence-corrected chi connectivity index (χ1v) is 10.1. The molecule has 1 atom stereocenters. The van der Waals surface area contributed by atoms with Crippen molar-refractivity contribution in [3.63, 3.8) is 0 Å². The summed E-state index contributed by atoms with van der Waals surface area (Å²) in [5.41, 5.74) is -0.325. The fourth-order valence-electron chi connectivity index (χ4n) is 4.01. The van der Waals surface area contributed by atoms with Gasteiger partial charge in [0.15, 0.2) is 0 Å². The quantitative estimate of drug-likeness (QED) is 0.801. The van der Waals surface area contributed by atoms with E-state index in [4.69, 9.17) is 0 Å². The number of thioether (sulfide) groups is 1. The molecule has 1 spiro atoms. The van der Waals surface area contributed by atoms with Gasteiger partial charge in [-0.25, -0.2) is 4.98 Å². The monoisotopic (exact) mass is 363 g/mol. The first-order chi connectivity index (χ1) is 12.1. The molecular formula is C17H25N5O2S. The Labute approximate surface area is 151 Å². The molecule has 4 rings (SSSR count). The lowest BCUT2D eigenvalue weighted by molar-refractivity contribution is -0.146. The Morgan fingerprint density at radius 2 is 2.20 bits per heavy atom. The Morgan fingerprint density at radius 1 is 1.36 bits per heavy atom. The highest BCUT2D eigenvalue weighted by Gasteiger charge is 2.49. The van der Waals surface area contributed by atoms with Crippen LogP contribution >= 0.6 is 11.8 Å². The van der Waals surface area contributed by atoms with Gasteiger partial charge in [-0.05, 0) is 44.9 Å². The minimum atomic E-state index is -0.325. The van der Waals surface area contributed by atoms with Gasteiger partial charge in [0.05, 0.1) is 11.2 Å². The van der Waals surface area contributed by atoms with E-state index in [0.717, 1.165) is 44.1 Å². The molecule has 3 fully saturated rings. The maximum Gasteiger partial charge on any atom is 0.233 e. The number of nitrogens with one attached hydrogen (secondary N) is 1. The number of aromatic amines is 1. The van der Waals surface area contributed by atoms with Crippen molar-refractivity contribution < 1.29 is 9.59 Å². The molecule has 2 saturated heterocycles. The lowest BCUT2D eigenvalue weighted by Gasteiger charge is -2.39. The Balaban J connectivity index is 1.34. The lowest BCUT2D eigenvalue weighted by atomic mass is 9.78. The van der Waals surface area contributed by atoms with E-state index >= 15 is 0 Å². The summed E-state index contributed by atoms with van der Waals surface area (Å²) in [6, 6.07) is 0. The van der Waals surface area contributed by atoms with Gasteiger partial charge in [-0.2, -0.15) is 0 Å². The first kappa shape index (κ1) is 16.9. The third-order valence-corrected chi connectivity index (χ3v) is 6.44. The number of hydrogen-bond acceptors (Lipinski definition) is 5. The van der Waals surface area contributed by atoms with E-state index in [1.54, 1.807) is 0 Å². The van der Waals surface area contributed by atoms with E-state index < -0.39 is 0 Å². The van der Waals surface area contributed by atoms with Crippen LogP contribution in [0.1, 0.15) is 37.9 Å². The molecule has 8 heteroatoms. The summed E-state index contributed by atoms with van der Waals surface area (Å²) in [7, 11) is 0. The third kappa shape index (κ3) is 3.54. The summed E-state index contributed by atoms with van der Waals surface area (Å²) >= 11 is 1.35. The predicted molar refractivity (Wildman–Crippen MR) is 94.0 cm³/mol. The molecule has 1 saturated carbocycles. The van der Waals surface area contributed by atoms with Crippen LogP contribution < -0.4 is 0 Å². The molecule has 0 bridgehead atoms. The maximum absolute atomic E-state index is 13.0. The summed E-state index contributed by atoms with van der Waals surface area (Å²) in [6.07, 6.45) is 5.32. The second-order valence-electron chi connectivity index (χ2n) is 7.64. The highest BCUT2D eigenvalue weighted by Crippen LogP contribution is 2.41. The zero-order chi connectivity index (χ0) is 17.4. The van der Waals surface area contributed by atoms with E-state index in [-0.39, 0.29) is 17.2 Å². The Kier molecular flexibility index (Phi) is 4.47. The fourth-order valence-corrected chi connectivity index (χ4v) is 4.75. The molecule has 3 heterocycles.